The van der Waals surface area contributed by atoms with Crippen LogP contribution in [0.25, 0.3) is 0 Å². The van der Waals surface area contributed by atoms with Crippen LogP contribution in [0.1, 0.15) is 32.1 Å². The topological polar surface area (TPSA) is 87.5 Å². The number of hydrogen-bond acceptors (Lipinski definition) is 4. The summed E-state index contributed by atoms with van der Waals surface area (Å²) in [5, 5.41) is 12.7. The highest BCUT2D eigenvalue weighted by Crippen LogP contribution is 2.17. The Kier molecular flexibility index (Phi) is 3.64. The zero-order chi connectivity index (χ0) is 15.7. The number of rotatable bonds is 3. The number of amides is 2. The molecule has 0 bridgehead atoms. The Labute approximate surface area is 127 Å². The first kappa shape index (κ1) is 14.3. The number of fused-ring (bicyclic) bond motifs is 1. The van der Waals surface area contributed by atoms with E-state index in [1.807, 2.05) is 31.2 Å². The van der Waals surface area contributed by atoms with Crippen molar-refractivity contribution in [3.63, 3.8) is 0 Å². The summed E-state index contributed by atoms with van der Waals surface area (Å²) in [5.41, 5.74) is 4.12. The van der Waals surface area contributed by atoms with E-state index in [9.17, 15) is 9.59 Å². The summed E-state index contributed by atoms with van der Waals surface area (Å²) >= 11 is 0. The van der Waals surface area contributed by atoms with Gasteiger partial charge in [0.2, 0.25) is 0 Å². The normalized spacial score (nSPS) is 13.9. The number of benzene rings is 1. The first-order chi connectivity index (χ1) is 10.6. The molecule has 1 aliphatic heterocycles. The molecule has 0 unspecified atom stereocenters. The van der Waals surface area contributed by atoms with E-state index in [2.05, 4.69) is 5.10 Å². The van der Waals surface area contributed by atoms with Crippen LogP contribution in [0, 0.1) is 6.92 Å². The van der Waals surface area contributed by atoms with Gasteiger partial charge in [0.1, 0.15) is 5.69 Å². The van der Waals surface area contributed by atoms with Crippen LogP contribution < -0.4 is 5.48 Å². The summed E-state index contributed by atoms with van der Waals surface area (Å²) in [6.07, 6.45) is 0. The minimum atomic E-state index is -0.722. The Morgan fingerprint density at radius 1 is 1.36 bits per heavy atom. The highest BCUT2D eigenvalue weighted by Gasteiger charge is 2.27. The molecule has 0 saturated heterocycles. The van der Waals surface area contributed by atoms with Gasteiger partial charge in [0, 0.05) is 19.2 Å². The predicted octanol–water partition coefficient (Wildman–Crippen LogP) is 0.967. The molecule has 0 saturated carbocycles. The number of aromatic nitrogens is 2. The smallest absolute Gasteiger partial charge is 0.295 e. The third kappa shape index (κ3) is 2.58. The largest absolute Gasteiger partial charge is 0.331 e. The van der Waals surface area contributed by atoms with Gasteiger partial charge in [0.25, 0.3) is 11.8 Å². The lowest BCUT2D eigenvalue weighted by Gasteiger charge is -2.27. The lowest BCUT2D eigenvalue weighted by atomic mass is 10.1. The van der Waals surface area contributed by atoms with Crippen LogP contribution in [0.2, 0.25) is 0 Å². The number of carbonyl (C=O) groups excluding carboxylic acids is 2. The molecule has 1 aliphatic rings. The van der Waals surface area contributed by atoms with Gasteiger partial charge in [0.05, 0.1) is 6.54 Å². The third-order valence-electron chi connectivity index (χ3n) is 3.66. The second-order valence-electron chi connectivity index (χ2n) is 5.29. The van der Waals surface area contributed by atoms with Crippen molar-refractivity contribution >= 4 is 11.8 Å². The second-order valence-corrected chi connectivity index (χ2v) is 5.29. The Hall–Kier alpha value is -2.67. The van der Waals surface area contributed by atoms with Crippen molar-refractivity contribution in [1.82, 2.24) is 20.2 Å². The van der Waals surface area contributed by atoms with Gasteiger partial charge in [-0.2, -0.15) is 5.10 Å². The quantitative estimate of drug-likeness (QED) is 0.653. The molecule has 2 aromatic rings. The first-order valence-electron chi connectivity index (χ1n) is 6.95. The highest BCUT2D eigenvalue weighted by atomic mass is 16.5. The molecule has 0 spiro atoms. The fraction of sp³-hybridized carbons (Fsp3) is 0.267. The van der Waals surface area contributed by atoms with Crippen molar-refractivity contribution in [2.75, 3.05) is 6.54 Å². The molecule has 7 heteroatoms. The molecule has 0 fully saturated rings. The van der Waals surface area contributed by atoms with Gasteiger partial charge in [-0.3, -0.25) is 19.5 Å². The van der Waals surface area contributed by atoms with E-state index in [1.165, 1.54) is 16.2 Å². The van der Waals surface area contributed by atoms with Crippen molar-refractivity contribution in [3.05, 3.63) is 52.8 Å². The van der Waals surface area contributed by atoms with Crippen LogP contribution >= 0.6 is 0 Å². The molecule has 2 heterocycles. The first-order valence-corrected chi connectivity index (χ1v) is 6.95. The van der Waals surface area contributed by atoms with Gasteiger partial charge < -0.3 is 4.90 Å². The van der Waals surface area contributed by atoms with Gasteiger partial charge >= 0.3 is 0 Å². The summed E-state index contributed by atoms with van der Waals surface area (Å²) in [4.78, 5) is 25.6. The molecule has 114 valence electrons. The van der Waals surface area contributed by atoms with Crippen LogP contribution in [0.5, 0.6) is 0 Å². The summed E-state index contributed by atoms with van der Waals surface area (Å²) in [6.45, 7) is 3.58. The van der Waals surface area contributed by atoms with E-state index in [1.54, 1.807) is 4.90 Å². The molecular formula is C15H16N4O3. The fourth-order valence-electron chi connectivity index (χ4n) is 2.59. The Morgan fingerprint density at radius 2 is 2.18 bits per heavy atom. The molecule has 3 rings (SSSR count). The standard InChI is InChI=1S/C15H16N4O3/c1-10-3-2-4-11(7-10)9-18-5-6-19-13(15(18)21)8-12(16-19)14(20)17-22/h2-4,7-8,22H,5-6,9H2,1H3,(H,17,20). The average Bonchev–Trinajstić information content (AvgIpc) is 2.94. The predicted molar refractivity (Wildman–Crippen MR) is 77.4 cm³/mol. The third-order valence-corrected chi connectivity index (χ3v) is 3.66. The molecule has 1 aromatic heterocycles. The summed E-state index contributed by atoms with van der Waals surface area (Å²) in [5.74, 6) is -0.891. The van der Waals surface area contributed by atoms with Gasteiger partial charge in [-0.1, -0.05) is 29.8 Å². The molecule has 0 radical (unpaired) electrons. The molecule has 2 N–H and O–H groups in total. The maximum atomic E-state index is 12.5. The zero-order valence-corrected chi connectivity index (χ0v) is 12.1. The lowest BCUT2D eigenvalue weighted by molar-refractivity contribution is 0.0677. The maximum Gasteiger partial charge on any atom is 0.295 e. The van der Waals surface area contributed by atoms with Crippen molar-refractivity contribution in [3.8, 4) is 0 Å². The molecule has 7 nitrogen and oxygen atoms in total. The minimum Gasteiger partial charge on any atom is -0.331 e. The van der Waals surface area contributed by atoms with Crippen molar-refractivity contribution in [1.29, 1.82) is 0 Å². The molecule has 2 amide bonds. The Morgan fingerprint density at radius 3 is 2.91 bits per heavy atom. The zero-order valence-electron chi connectivity index (χ0n) is 12.1. The maximum absolute atomic E-state index is 12.5. The van der Waals surface area contributed by atoms with Gasteiger partial charge in [0.15, 0.2) is 5.69 Å². The van der Waals surface area contributed by atoms with Crippen molar-refractivity contribution in [2.45, 2.75) is 20.0 Å². The van der Waals surface area contributed by atoms with E-state index in [0.717, 1.165) is 11.1 Å². The average molecular weight is 300 g/mol. The van der Waals surface area contributed by atoms with E-state index < -0.39 is 5.91 Å². The van der Waals surface area contributed by atoms with E-state index in [0.29, 0.717) is 25.3 Å². The van der Waals surface area contributed by atoms with Crippen LogP contribution in [-0.2, 0) is 13.1 Å². The lowest BCUT2D eigenvalue weighted by Crippen LogP contribution is -2.39. The fourth-order valence-corrected chi connectivity index (χ4v) is 2.59. The van der Waals surface area contributed by atoms with E-state index in [4.69, 9.17) is 5.21 Å². The van der Waals surface area contributed by atoms with Crippen LogP contribution in [0.4, 0.5) is 0 Å². The van der Waals surface area contributed by atoms with Gasteiger partial charge in [-0.05, 0) is 12.5 Å². The Balaban J connectivity index is 1.82. The number of nitrogens with one attached hydrogen (secondary N) is 1. The number of carbonyl (C=O) groups is 2. The van der Waals surface area contributed by atoms with Crippen LogP contribution in [-0.4, -0.2) is 38.2 Å². The van der Waals surface area contributed by atoms with Crippen molar-refractivity contribution < 1.29 is 14.8 Å². The van der Waals surface area contributed by atoms with Crippen LogP contribution in [0.3, 0.4) is 0 Å². The van der Waals surface area contributed by atoms with Crippen molar-refractivity contribution in [2.24, 2.45) is 0 Å². The molecule has 1 aromatic carbocycles. The minimum absolute atomic E-state index is 0.0308. The number of hydroxylamine groups is 1. The number of aryl methyl sites for hydroxylation is 1. The molecule has 22 heavy (non-hydrogen) atoms. The molecular weight excluding hydrogens is 284 g/mol. The second kappa shape index (κ2) is 5.61. The van der Waals surface area contributed by atoms with E-state index >= 15 is 0 Å². The van der Waals surface area contributed by atoms with Gasteiger partial charge in [-0.15, -0.1) is 0 Å². The van der Waals surface area contributed by atoms with Crippen LogP contribution in [0.15, 0.2) is 30.3 Å². The number of hydrogen-bond donors (Lipinski definition) is 2. The Bertz CT molecular complexity index is 738. The van der Waals surface area contributed by atoms with E-state index in [-0.39, 0.29) is 11.6 Å². The SMILES string of the molecule is Cc1cccc(CN2CCn3nc(C(=O)NO)cc3C2=O)c1. The summed E-state index contributed by atoms with van der Waals surface area (Å²) < 4.78 is 1.50. The molecule has 0 atom stereocenters. The monoisotopic (exact) mass is 300 g/mol. The number of nitrogens with zero attached hydrogens (tertiary/aromatic N) is 3. The van der Waals surface area contributed by atoms with Gasteiger partial charge in [-0.25, -0.2) is 5.48 Å². The summed E-state index contributed by atoms with van der Waals surface area (Å²) in [7, 11) is 0. The summed E-state index contributed by atoms with van der Waals surface area (Å²) in [6, 6.07) is 9.40. The molecule has 0 aliphatic carbocycles. The highest BCUT2D eigenvalue weighted by molar-refractivity contribution is 5.97.